The van der Waals surface area contributed by atoms with Gasteiger partial charge in [0.2, 0.25) is 0 Å². The first-order chi connectivity index (χ1) is 10.1. The van der Waals surface area contributed by atoms with Crippen molar-refractivity contribution in [1.82, 2.24) is 10.2 Å². The first-order valence-corrected chi connectivity index (χ1v) is 8.63. The summed E-state index contributed by atoms with van der Waals surface area (Å²) >= 11 is 0. The van der Waals surface area contributed by atoms with Gasteiger partial charge >= 0.3 is 0 Å². The van der Waals surface area contributed by atoms with E-state index in [2.05, 4.69) is 55.3 Å². The lowest BCUT2D eigenvalue weighted by Gasteiger charge is -2.49. The summed E-state index contributed by atoms with van der Waals surface area (Å²) in [6, 6.07) is 9.69. The molecule has 1 saturated carbocycles. The lowest BCUT2D eigenvalue weighted by molar-refractivity contribution is 0.0261. The minimum Gasteiger partial charge on any atom is -0.311 e. The molecule has 0 bridgehead atoms. The smallest absolute Gasteiger partial charge is 0.0338 e. The molecular weight excluding hydrogens is 256 g/mol. The van der Waals surface area contributed by atoms with Gasteiger partial charge in [-0.25, -0.2) is 0 Å². The highest BCUT2D eigenvalue weighted by Gasteiger charge is 2.43. The Morgan fingerprint density at radius 1 is 1.29 bits per heavy atom. The first-order valence-electron chi connectivity index (χ1n) is 8.63. The zero-order chi connectivity index (χ0) is 14.9. The zero-order valence-electron chi connectivity index (χ0n) is 13.9. The van der Waals surface area contributed by atoms with Crippen LogP contribution in [0.25, 0.3) is 0 Å². The van der Waals surface area contributed by atoms with Crippen LogP contribution in [-0.4, -0.2) is 29.6 Å². The van der Waals surface area contributed by atoms with E-state index in [0.717, 1.165) is 6.54 Å². The molecule has 2 fully saturated rings. The molecular formula is C19H30N2. The van der Waals surface area contributed by atoms with Gasteiger partial charge in [0.1, 0.15) is 0 Å². The molecule has 0 aromatic heterocycles. The van der Waals surface area contributed by atoms with Gasteiger partial charge in [0.15, 0.2) is 0 Å². The van der Waals surface area contributed by atoms with Crippen LogP contribution < -0.4 is 5.32 Å². The molecule has 21 heavy (non-hydrogen) atoms. The van der Waals surface area contributed by atoms with Crippen LogP contribution in [0.3, 0.4) is 0 Å². The maximum absolute atomic E-state index is 3.84. The summed E-state index contributed by atoms with van der Waals surface area (Å²) in [7, 11) is 0. The minimum atomic E-state index is 0.426. The van der Waals surface area contributed by atoms with Gasteiger partial charge in [0, 0.05) is 31.2 Å². The Labute approximate surface area is 129 Å². The molecule has 1 aliphatic heterocycles. The van der Waals surface area contributed by atoms with Crippen molar-refractivity contribution in [2.45, 2.75) is 64.6 Å². The summed E-state index contributed by atoms with van der Waals surface area (Å²) in [5.74, 6) is 0.712. The summed E-state index contributed by atoms with van der Waals surface area (Å²) in [5, 5.41) is 3.84. The highest BCUT2D eigenvalue weighted by Crippen LogP contribution is 2.38. The second kappa shape index (κ2) is 6.10. The number of hydrogen-bond donors (Lipinski definition) is 1. The maximum atomic E-state index is 3.84. The van der Waals surface area contributed by atoms with E-state index in [1.165, 1.54) is 49.9 Å². The molecule has 1 aromatic rings. The van der Waals surface area contributed by atoms with E-state index in [1.54, 1.807) is 0 Å². The number of piperazine rings is 1. The number of rotatable bonds is 3. The van der Waals surface area contributed by atoms with Crippen molar-refractivity contribution in [1.29, 1.82) is 0 Å². The van der Waals surface area contributed by atoms with E-state index in [9.17, 15) is 0 Å². The standard InChI is InChI=1S/C19H30N2/c1-15(2)18-13-21(12-17-8-6-7-16(3)11-17)19(14-20-18)9-4-5-10-19/h6-8,11,15,18,20H,4-5,9-10,12-14H2,1-3H3. The van der Waals surface area contributed by atoms with Gasteiger partial charge in [-0.1, -0.05) is 56.5 Å². The van der Waals surface area contributed by atoms with Crippen molar-refractivity contribution in [3.63, 3.8) is 0 Å². The van der Waals surface area contributed by atoms with Crippen LogP contribution in [0.1, 0.15) is 50.7 Å². The van der Waals surface area contributed by atoms with Crippen molar-refractivity contribution in [3.05, 3.63) is 35.4 Å². The second-order valence-electron chi connectivity index (χ2n) is 7.53. The molecule has 1 heterocycles. The number of nitrogens with one attached hydrogen (secondary N) is 1. The van der Waals surface area contributed by atoms with Crippen LogP contribution >= 0.6 is 0 Å². The van der Waals surface area contributed by atoms with Crippen LogP contribution in [0.2, 0.25) is 0 Å². The van der Waals surface area contributed by atoms with Crippen molar-refractivity contribution < 1.29 is 0 Å². The van der Waals surface area contributed by atoms with Crippen LogP contribution in [0.4, 0.5) is 0 Å². The maximum Gasteiger partial charge on any atom is 0.0338 e. The van der Waals surface area contributed by atoms with E-state index in [1.807, 2.05) is 0 Å². The van der Waals surface area contributed by atoms with Gasteiger partial charge in [-0.15, -0.1) is 0 Å². The zero-order valence-corrected chi connectivity index (χ0v) is 13.9. The van der Waals surface area contributed by atoms with Crippen LogP contribution in [0.5, 0.6) is 0 Å². The summed E-state index contributed by atoms with van der Waals surface area (Å²) in [6.45, 7) is 10.4. The summed E-state index contributed by atoms with van der Waals surface area (Å²) in [6.07, 6.45) is 5.55. The molecule has 0 amide bonds. The average molecular weight is 286 g/mol. The van der Waals surface area contributed by atoms with Crippen molar-refractivity contribution in [2.24, 2.45) is 5.92 Å². The van der Waals surface area contributed by atoms with Crippen molar-refractivity contribution >= 4 is 0 Å². The number of benzene rings is 1. The van der Waals surface area contributed by atoms with Gasteiger partial charge < -0.3 is 5.32 Å². The number of hydrogen-bond acceptors (Lipinski definition) is 2. The normalized spacial score (nSPS) is 25.8. The molecule has 2 nitrogen and oxygen atoms in total. The van der Waals surface area contributed by atoms with Gasteiger partial charge in [-0.3, -0.25) is 4.90 Å². The predicted octanol–water partition coefficient (Wildman–Crippen LogP) is 3.74. The third-order valence-electron chi connectivity index (χ3n) is 5.58. The van der Waals surface area contributed by atoms with Crippen LogP contribution in [0.15, 0.2) is 24.3 Å². The fourth-order valence-corrected chi connectivity index (χ4v) is 4.16. The van der Waals surface area contributed by atoms with Crippen LogP contribution in [0, 0.1) is 12.8 Å². The SMILES string of the molecule is Cc1cccc(CN2CC(C(C)C)NCC23CCCC3)c1. The van der Waals surface area contributed by atoms with Gasteiger partial charge in [-0.2, -0.15) is 0 Å². The van der Waals surface area contributed by atoms with Gasteiger partial charge in [0.25, 0.3) is 0 Å². The lowest BCUT2D eigenvalue weighted by Crippen LogP contribution is -2.64. The summed E-state index contributed by atoms with van der Waals surface area (Å²) in [5.41, 5.74) is 3.28. The fourth-order valence-electron chi connectivity index (χ4n) is 4.16. The Hall–Kier alpha value is -0.860. The Morgan fingerprint density at radius 3 is 2.71 bits per heavy atom. The fraction of sp³-hybridized carbons (Fsp3) is 0.684. The van der Waals surface area contributed by atoms with E-state index < -0.39 is 0 Å². The molecule has 1 aliphatic carbocycles. The number of aryl methyl sites for hydroxylation is 1. The molecule has 2 heteroatoms. The highest BCUT2D eigenvalue weighted by atomic mass is 15.3. The molecule has 1 aromatic carbocycles. The van der Waals surface area contributed by atoms with E-state index in [4.69, 9.17) is 0 Å². The molecule has 0 radical (unpaired) electrons. The van der Waals surface area contributed by atoms with Gasteiger partial charge in [0.05, 0.1) is 0 Å². The van der Waals surface area contributed by atoms with Crippen molar-refractivity contribution in [3.8, 4) is 0 Å². The van der Waals surface area contributed by atoms with Crippen molar-refractivity contribution in [2.75, 3.05) is 13.1 Å². The highest BCUT2D eigenvalue weighted by molar-refractivity contribution is 5.22. The summed E-state index contributed by atoms with van der Waals surface area (Å²) in [4.78, 5) is 2.80. The lowest BCUT2D eigenvalue weighted by atomic mass is 9.88. The second-order valence-corrected chi connectivity index (χ2v) is 7.53. The van der Waals surface area contributed by atoms with Gasteiger partial charge in [-0.05, 0) is 31.2 Å². The quantitative estimate of drug-likeness (QED) is 0.910. The Balaban J connectivity index is 1.79. The molecule has 3 rings (SSSR count). The summed E-state index contributed by atoms with van der Waals surface area (Å²) < 4.78 is 0. The molecule has 116 valence electrons. The molecule has 1 spiro atoms. The molecule has 1 atom stereocenters. The monoisotopic (exact) mass is 286 g/mol. The molecule has 1 N–H and O–H groups in total. The topological polar surface area (TPSA) is 15.3 Å². The van der Waals surface area contributed by atoms with E-state index >= 15 is 0 Å². The Kier molecular flexibility index (Phi) is 4.37. The largest absolute Gasteiger partial charge is 0.311 e. The number of nitrogens with zero attached hydrogens (tertiary/aromatic N) is 1. The third kappa shape index (κ3) is 3.17. The Morgan fingerprint density at radius 2 is 2.05 bits per heavy atom. The minimum absolute atomic E-state index is 0.426. The van der Waals surface area contributed by atoms with E-state index in [0.29, 0.717) is 17.5 Å². The third-order valence-corrected chi connectivity index (χ3v) is 5.58. The van der Waals surface area contributed by atoms with E-state index in [-0.39, 0.29) is 0 Å². The molecule has 2 aliphatic rings. The predicted molar refractivity (Wildman–Crippen MR) is 89.4 cm³/mol. The Bertz CT molecular complexity index is 474. The molecule has 1 saturated heterocycles. The average Bonchev–Trinajstić information content (AvgIpc) is 2.91. The first kappa shape index (κ1) is 15.1. The van der Waals surface area contributed by atoms with Crippen LogP contribution in [-0.2, 0) is 6.54 Å². The molecule has 1 unspecified atom stereocenters.